The largest absolute Gasteiger partial charge is 0.272 e. The Hall–Kier alpha value is -1.30. The molecule has 3 heteroatoms. The SMILES string of the molecule is Cc1nn(C)c(C)c1CC(C)C#N. The van der Waals surface area contributed by atoms with E-state index in [1.54, 1.807) is 0 Å². The van der Waals surface area contributed by atoms with E-state index in [0.717, 1.165) is 12.1 Å². The second-order valence-corrected chi connectivity index (χ2v) is 3.51. The standard InChI is InChI=1S/C10H15N3/c1-7(6-11)5-10-8(2)12-13(4)9(10)3/h7H,5H2,1-4H3. The molecule has 1 aromatic heterocycles. The van der Waals surface area contributed by atoms with Crippen LogP contribution in [0.3, 0.4) is 0 Å². The van der Waals surface area contributed by atoms with Crippen molar-refractivity contribution in [1.82, 2.24) is 9.78 Å². The Morgan fingerprint density at radius 3 is 2.54 bits per heavy atom. The van der Waals surface area contributed by atoms with Crippen molar-refractivity contribution in [3.63, 3.8) is 0 Å². The Balaban J connectivity index is 2.95. The highest BCUT2D eigenvalue weighted by Gasteiger charge is 2.11. The minimum absolute atomic E-state index is 0.0709. The van der Waals surface area contributed by atoms with Crippen LogP contribution < -0.4 is 0 Å². The van der Waals surface area contributed by atoms with E-state index in [1.807, 2.05) is 32.5 Å². The Bertz CT molecular complexity index is 344. The summed E-state index contributed by atoms with van der Waals surface area (Å²) in [7, 11) is 1.93. The Morgan fingerprint density at radius 1 is 1.54 bits per heavy atom. The molecule has 1 heterocycles. The van der Waals surface area contributed by atoms with Crippen LogP contribution in [0.25, 0.3) is 0 Å². The monoisotopic (exact) mass is 177 g/mol. The minimum atomic E-state index is 0.0709. The second kappa shape index (κ2) is 3.61. The maximum atomic E-state index is 8.71. The molecule has 0 radical (unpaired) electrons. The molecule has 0 amide bonds. The molecule has 0 aliphatic rings. The van der Waals surface area contributed by atoms with Crippen molar-refractivity contribution >= 4 is 0 Å². The van der Waals surface area contributed by atoms with Gasteiger partial charge in [-0.05, 0) is 32.8 Å². The first-order chi connectivity index (χ1) is 6.06. The van der Waals surface area contributed by atoms with Gasteiger partial charge in [0.1, 0.15) is 0 Å². The number of rotatable bonds is 2. The van der Waals surface area contributed by atoms with Gasteiger partial charge in [0.05, 0.1) is 11.8 Å². The first-order valence-corrected chi connectivity index (χ1v) is 4.45. The summed E-state index contributed by atoms with van der Waals surface area (Å²) in [6.07, 6.45) is 0.808. The molecule has 0 saturated carbocycles. The van der Waals surface area contributed by atoms with E-state index >= 15 is 0 Å². The molecule has 0 fully saturated rings. The summed E-state index contributed by atoms with van der Waals surface area (Å²) in [5, 5.41) is 13.0. The van der Waals surface area contributed by atoms with E-state index < -0.39 is 0 Å². The quantitative estimate of drug-likeness (QED) is 0.690. The van der Waals surface area contributed by atoms with Gasteiger partial charge in [-0.3, -0.25) is 4.68 Å². The molecule has 1 aromatic rings. The molecule has 1 rings (SSSR count). The Kier molecular flexibility index (Phi) is 2.72. The summed E-state index contributed by atoms with van der Waals surface area (Å²) >= 11 is 0. The van der Waals surface area contributed by atoms with E-state index in [4.69, 9.17) is 5.26 Å². The van der Waals surface area contributed by atoms with Gasteiger partial charge in [0.2, 0.25) is 0 Å². The topological polar surface area (TPSA) is 41.6 Å². The fraction of sp³-hybridized carbons (Fsp3) is 0.600. The fourth-order valence-corrected chi connectivity index (χ4v) is 1.46. The van der Waals surface area contributed by atoms with E-state index in [-0.39, 0.29) is 5.92 Å². The van der Waals surface area contributed by atoms with Crippen molar-refractivity contribution in [3.05, 3.63) is 17.0 Å². The average molecular weight is 177 g/mol. The van der Waals surface area contributed by atoms with Gasteiger partial charge in [0.15, 0.2) is 0 Å². The third kappa shape index (κ3) is 1.89. The zero-order chi connectivity index (χ0) is 10.0. The van der Waals surface area contributed by atoms with Crippen molar-refractivity contribution in [3.8, 4) is 6.07 Å². The van der Waals surface area contributed by atoms with Crippen LogP contribution >= 0.6 is 0 Å². The van der Waals surface area contributed by atoms with Crippen molar-refractivity contribution < 1.29 is 0 Å². The molecule has 0 N–H and O–H groups in total. The maximum Gasteiger partial charge on any atom is 0.0656 e. The fourth-order valence-electron chi connectivity index (χ4n) is 1.46. The zero-order valence-corrected chi connectivity index (χ0v) is 8.63. The molecule has 0 aliphatic heterocycles. The van der Waals surface area contributed by atoms with Gasteiger partial charge in [-0.1, -0.05) is 0 Å². The lowest BCUT2D eigenvalue weighted by atomic mass is 10.0. The normalized spacial score (nSPS) is 12.5. The van der Waals surface area contributed by atoms with Crippen molar-refractivity contribution in [2.24, 2.45) is 13.0 Å². The van der Waals surface area contributed by atoms with Gasteiger partial charge in [-0.15, -0.1) is 0 Å². The van der Waals surface area contributed by atoms with E-state index in [2.05, 4.69) is 11.2 Å². The number of aryl methyl sites for hydroxylation is 2. The van der Waals surface area contributed by atoms with Crippen LogP contribution in [0, 0.1) is 31.1 Å². The minimum Gasteiger partial charge on any atom is -0.272 e. The smallest absolute Gasteiger partial charge is 0.0656 e. The third-order valence-electron chi connectivity index (χ3n) is 2.39. The van der Waals surface area contributed by atoms with Crippen LogP contribution in [-0.4, -0.2) is 9.78 Å². The number of nitriles is 1. The van der Waals surface area contributed by atoms with Gasteiger partial charge in [0.25, 0.3) is 0 Å². The van der Waals surface area contributed by atoms with E-state index in [1.165, 1.54) is 11.3 Å². The summed E-state index contributed by atoms with van der Waals surface area (Å²) in [6.45, 7) is 5.97. The van der Waals surface area contributed by atoms with Gasteiger partial charge >= 0.3 is 0 Å². The molecule has 13 heavy (non-hydrogen) atoms. The van der Waals surface area contributed by atoms with Crippen molar-refractivity contribution in [1.29, 1.82) is 5.26 Å². The lowest BCUT2D eigenvalue weighted by molar-refractivity contribution is 0.716. The average Bonchev–Trinajstić information content (AvgIpc) is 2.32. The second-order valence-electron chi connectivity index (χ2n) is 3.51. The molecular weight excluding hydrogens is 162 g/mol. The number of hydrogen-bond acceptors (Lipinski definition) is 2. The molecule has 0 saturated heterocycles. The Labute approximate surface area is 79.0 Å². The Morgan fingerprint density at radius 2 is 2.15 bits per heavy atom. The summed E-state index contributed by atoms with van der Waals surface area (Å²) in [5.74, 6) is 0.0709. The van der Waals surface area contributed by atoms with Gasteiger partial charge in [0, 0.05) is 18.7 Å². The van der Waals surface area contributed by atoms with Crippen LogP contribution in [-0.2, 0) is 13.5 Å². The maximum absolute atomic E-state index is 8.71. The van der Waals surface area contributed by atoms with E-state index in [9.17, 15) is 0 Å². The summed E-state index contributed by atoms with van der Waals surface area (Å²) in [4.78, 5) is 0. The van der Waals surface area contributed by atoms with E-state index in [0.29, 0.717) is 0 Å². The van der Waals surface area contributed by atoms with Crippen LogP contribution in [0.4, 0.5) is 0 Å². The number of nitrogens with zero attached hydrogens (tertiary/aromatic N) is 3. The van der Waals surface area contributed by atoms with Crippen molar-refractivity contribution in [2.75, 3.05) is 0 Å². The summed E-state index contributed by atoms with van der Waals surface area (Å²) < 4.78 is 1.87. The third-order valence-corrected chi connectivity index (χ3v) is 2.39. The van der Waals surface area contributed by atoms with Gasteiger partial charge in [-0.2, -0.15) is 10.4 Å². The van der Waals surface area contributed by atoms with Crippen LogP contribution in [0.1, 0.15) is 23.9 Å². The highest BCUT2D eigenvalue weighted by Crippen LogP contribution is 2.16. The lowest BCUT2D eigenvalue weighted by Crippen LogP contribution is -1.99. The first-order valence-electron chi connectivity index (χ1n) is 4.45. The predicted molar refractivity (Wildman–Crippen MR) is 51.2 cm³/mol. The molecule has 0 aromatic carbocycles. The molecule has 1 unspecified atom stereocenters. The molecule has 3 nitrogen and oxygen atoms in total. The van der Waals surface area contributed by atoms with Crippen LogP contribution in [0.15, 0.2) is 0 Å². The zero-order valence-electron chi connectivity index (χ0n) is 8.63. The van der Waals surface area contributed by atoms with Crippen molar-refractivity contribution in [2.45, 2.75) is 27.2 Å². The highest BCUT2D eigenvalue weighted by atomic mass is 15.3. The number of aromatic nitrogens is 2. The molecule has 70 valence electrons. The van der Waals surface area contributed by atoms with Crippen LogP contribution in [0.2, 0.25) is 0 Å². The van der Waals surface area contributed by atoms with Gasteiger partial charge < -0.3 is 0 Å². The predicted octanol–water partition coefficient (Wildman–Crippen LogP) is 1.74. The summed E-state index contributed by atoms with van der Waals surface area (Å²) in [5.41, 5.74) is 3.43. The molecule has 0 spiro atoms. The molecule has 0 bridgehead atoms. The van der Waals surface area contributed by atoms with Crippen LogP contribution in [0.5, 0.6) is 0 Å². The first kappa shape index (κ1) is 9.79. The summed E-state index contributed by atoms with van der Waals surface area (Å²) in [6, 6.07) is 2.24. The molecular formula is C10H15N3. The molecule has 1 atom stereocenters. The van der Waals surface area contributed by atoms with Gasteiger partial charge in [-0.25, -0.2) is 0 Å². The molecule has 0 aliphatic carbocycles. The highest BCUT2D eigenvalue weighted by molar-refractivity contribution is 5.25. The number of hydrogen-bond donors (Lipinski definition) is 0. The lowest BCUT2D eigenvalue weighted by Gasteiger charge is -2.02.